The molecule has 2 unspecified atom stereocenters. The van der Waals surface area contributed by atoms with E-state index in [4.69, 9.17) is 18.0 Å². The Morgan fingerprint density at radius 1 is 0.587 bits per heavy atom. The number of nitrogens with two attached hydrogens (primary N) is 1. The minimum atomic E-state index is 0.139. The topological polar surface area (TPSA) is 42.4 Å². The van der Waals surface area contributed by atoms with Gasteiger partial charge in [-0.25, -0.2) is 0 Å². The van der Waals surface area contributed by atoms with Gasteiger partial charge in [0, 0.05) is 35.9 Å². The number of hydrogen-bond acceptors (Lipinski definition) is 3. The van der Waals surface area contributed by atoms with Gasteiger partial charge in [0.15, 0.2) is 0 Å². The van der Waals surface area contributed by atoms with Crippen molar-refractivity contribution in [3.05, 3.63) is 186 Å². The molecule has 0 radical (unpaired) electrons. The minimum absolute atomic E-state index is 0.139. The molecule has 2 N–H and O–H groups in total. The van der Waals surface area contributed by atoms with E-state index >= 15 is 0 Å². The summed E-state index contributed by atoms with van der Waals surface area (Å²) in [7, 11) is 8.46. The predicted molar refractivity (Wildman–Crippen MR) is 196 cm³/mol. The van der Waals surface area contributed by atoms with Gasteiger partial charge in [-0.15, -0.1) is 0 Å². The molecule has 6 rings (SSSR count). The van der Waals surface area contributed by atoms with Crippen molar-refractivity contribution in [2.45, 2.75) is 18.6 Å². The van der Waals surface area contributed by atoms with Crippen molar-refractivity contribution in [3.8, 4) is 5.69 Å². The van der Waals surface area contributed by atoms with E-state index in [0.29, 0.717) is 4.99 Å². The highest BCUT2D eigenvalue weighted by molar-refractivity contribution is 7.80. The van der Waals surface area contributed by atoms with Crippen molar-refractivity contribution in [3.63, 3.8) is 0 Å². The third-order valence-corrected chi connectivity index (χ3v) is 8.31. The van der Waals surface area contributed by atoms with Crippen molar-refractivity contribution in [2.75, 3.05) is 28.2 Å². The fourth-order valence-electron chi connectivity index (χ4n) is 6.07. The molecule has 0 aliphatic rings. The highest BCUT2D eigenvalue weighted by atomic mass is 32.1. The number of nitrogens with zero attached hydrogens (tertiary/aromatic N) is 4. The Morgan fingerprint density at radius 3 is 1.63 bits per heavy atom. The number of aromatic nitrogens is 2. The van der Waals surface area contributed by atoms with E-state index in [1.54, 1.807) is 0 Å². The molecule has 0 aliphatic heterocycles. The standard InChI is InChI=1S/C20H21N3S.C20H22N2/c1-22(2)19(15-9-4-3-5-10-15)18-13-8-14-23(18)17-12-7-6-11-16(17)20(21)24;1-21(2)20(18-12-7-4-8-13-18)19-14-9-15-22(19)16-17-10-5-3-6-11-17/h3-14,19H,1-2H3,(H2,21,24);3-15,20H,16H2,1-2H3. The molecule has 0 saturated carbocycles. The second kappa shape index (κ2) is 15.5. The van der Waals surface area contributed by atoms with Gasteiger partial charge in [0.25, 0.3) is 0 Å². The van der Waals surface area contributed by atoms with E-state index in [2.05, 4.69) is 175 Å². The molecule has 0 saturated heterocycles. The van der Waals surface area contributed by atoms with Gasteiger partial charge in [-0.05, 0) is 81.3 Å². The van der Waals surface area contributed by atoms with Crippen molar-refractivity contribution < 1.29 is 0 Å². The molecule has 0 aliphatic carbocycles. The summed E-state index contributed by atoms with van der Waals surface area (Å²) in [6.07, 6.45) is 4.23. The summed E-state index contributed by atoms with van der Waals surface area (Å²) in [5.41, 5.74) is 14.2. The molecule has 234 valence electrons. The summed E-state index contributed by atoms with van der Waals surface area (Å²) in [6, 6.07) is 48.7. The molecule has 2 aromatic heterocycles. The Hall–Kier alpha value is -4.75. The average Bonchev–Trinajstić information content (AvgIpc) is 3.73. The molecule has 2 heterocycles. The van der Waals surface area contributed by atoms with Gasteiger partial charge in [-0.1, -0.05) is 115 Å². The first-order chi connectivity index (χ1) is 22.3. The summed E-state index contributed by atoms with van der Waals surface area (Å²) in [5.74, 6) is 0. The maximum absolute atomic E-state index is 5.93. The lowest BCUT2D eigenvalue weighted by Crippen LogP contribution is -2.24. The van der Waals surface area contributed by atoms with Crippen LogP contribution >= 0.6 is 12.2 Å². The lowest BCUT2D eigenvalue weighted by atomic mass is 10.0. The van der Waals surface area contributed by atoms with Crippen LogP contribution < -0.4 is 5.73 Å². The molecule has 0 amide bonds. The Labute approximate surface area is 279 Å². The van der Waals surface area contributed by atoms with Crippen LogP contribution in [0, 0.1) is 0 Å². The molecule has 2 atom stereocenters. The molecule has 4 aromatic carbocycles. The smallest absolute Gasteiger partial charge is 0.106 e. The monoisotopic (exact) mass is 625 g/mol. The normalized spacial score (nSPS) is 12.4. The van der Waals surface area contributed by atoms with Gasteiger partial charge >= 0.3 is 0 Å². The Kier molecular flexibility index (Phi) is 11.0. The van der Waals surface area contributed by atoms with Crippen LogP contribution in [-0.4, -0.2) is 52.1 Å². The van der Waals surface area contributed by atoms with Crippen molar-refractivity contribution in [1.82, 2.24) is 18.9 Å². The second-order valence-corrected chi connectivity index (χ2v) is 12.2. The van der Waals surface area contributed by atoms with E-state index in [0.717, 1.165) is 17.8 Å². The lowest BCUT2D eigenvalue weighted by Gasteiger charge is -2.27. The van der Waals surface area contributed by atoms with Gasteiger partial charge in [0.2, 0.25) is 0 Å². The summed E-state index contributed by atoms with van der Waals surface area (Å²) in [4.78, 5) is 4.89. The zero-order valence-corrected chi connectivity index (χ0v) is 27.9. The molecule has 6 heteroatoms. The fourth-order valence-corrected chi connectivity index (χ4v) is 6.24. The van der Waals surface area contributed by atoms with Crippen LogP contribution in [0.1, 0.15) is 45.7 Å². The third kappa shape index (κ3) is 7.72. The molecule has 0 bridgehead atoms. The maximum Gasteiger partial charge on any atom is 0.106 e. The highest BCUT2D eigenvalue weighted by Gasteiger charge is 2.22. The average molecular weight is 626 g/mol. The van der Waals surface area contributed by atoms with E-state index in [9.17, 15) is 0 Å². The van der Waals surface area contributed by atoms with Gasteiger partial charge in [-0.3, -0.25) is 9.80 Å². The quantitative estimate of drug-likeness (QED) is 0.157. The molecular weight excluding hydrogens is 583 g/mol. The summed E-state index contributed by atoms with van der Waals surface area (Å²) in [5, 5.41) is 0. The van der Waals surface area contributed by atoms with Crippen molar-refractivity contribution >= 4 is 17.2 Å². The van der Waals surface area contributed by atoms with Crippen molar-refractivity contribution in [1.29, 1.82) is 0 Å². The van der Waals surface area contributed by atoms with Crippen molar-refractivity contribution in [2.24, 2.45) is 5.73 Å². The maximum atomic E-state index is 5.93. The van der Waals surface area contributed by atoms with Crippen LogP contribution in [-0.2, 0) is 6.54 Å². The third-order valence-electron chi connectivity index (χ3n) is 8.09. The Bertz CT molecular complexity index is 1810. The Balaban J connectivity index is 0.000000182. The van der Waals surface area contributed by atoms with Crippen LogP contribution in [0.4, 0.5) is 0 Å². The lowest BCUT2D eigenvalue weighted by molar-refractivity contribution is 0.329. The number of thiocarbonyl (C=S) groups is 1. The van der Waals surface area contributed by atoms with Gasteiger partial charge in [-0.2, -0.15) is 0 Å². The van der Waals surface area contributed by atoms with E-state index in [1.165, 1.54) is 28.1 Å². The van der Waals surface area contributed by atoms with Crippen LogP contribution in [0.3, 0.4) is 0 Å². The minimum Gasteiger partial charge on any atom is -0.389 e. The first-order valence-corrected chi connectivity index (χ1v) is 15.9. The zero-order chi connectivity index (χ0) is 32.5. The summed E-state index contributed by atoms with van der Waals surface area (Å²) < 4.78 is 4.51. The summed E-state index contributed by atoms with van der Waals surface area (Å²) in [6.45, 7) is 0.903. The van der Waals surface area contributed by atoms with Crippen LogP contribution in [0.25, 0.3) is 5.69 Å². The van der Waals surface area contributed by atoms with Gasteiger partial charge in [0.1, 0.15) is 4.99 Å². The largest absolute Gasteiger partial charge is 0.389 e. The fraction of sp³-hybridized carbons (Fsp3) is 0.175. The number of benzene rings is 4. The molecule has 0 fully saturated rings. The van der Waals surface area contributed by atoms with Gasteiger partial charge in [0.05, 0.1) is 17.8 Å². The summed E-state index contributed by atoms with van der Waals surface area (Å²) >= 11 is 5.23. The number of hydrogen-bond donors (Lipinski definition) is 1. The molecule has 5 nitrogen and oxygen atoms in total. The van der Waals surface area contributed by atoms with Crippen LogP contribution in [0.2, 0.25) is 0 Å². The molecule has 46 heavy (non-hydrogen) atoms. The van der Waals surface area contributed by atoms with E-state index in [-0.39, 0.29) is 12.1 Å². The van der Waals surface area contributed by atoms with Crippen LogP contribution in [0.15, 0.2) is 152 Å². The zero-order valence-electron chi connectivity index (χ0n) is 27.1. The second-order valence-electron chi connectivity index (χ2n) is 11.8. The van der Waals surface area contributed by atoms with E-state index < -0.39 is 0 Å². The van der Waals surface area contributed by atoms with E-state index in [1.807, 2.05) is 24.3 Å². The van der Waals surface area contributed by atoms with Gasteiger partial charge < -0.3 is 14.9 Å². The highest BCUT2D eigenvalue weighted by Crippen LogP contribution is 2.30. The number of para-hydroxylation sites is 1. The molecule has 0 spiro atoms. The van der Waals surface area contributed by atoms with Crippen LogP contribution in [0.5, 0.6) is 0 Å². The Morgan fingerprint density at radius 2 is 1.07 bits per heavy atom. The SMILES string of the molecule is CN(C)C(c1ccccc1)c1cccn1-c1ccccc1C(N)=S.CN(C)C(c1ccccc1)c1cccn1Cc1ccccc1. The molecular formula is C40H43N5S. The first kappa shape index (κ1) is 32.6. The molecule has 6 aromatic rings. The first-order valence-electron chi connectivity index (χ1n) is 15.5. The predicted octanol–water partition coefficient (Wildman–Crippen LogP) is 7.95. The number of rotatable bonds is 10.